The van der Waals surface area contributed by atoms with Crippen LogP contribution in [0.5, 0.6) is 0 Å². The number of rotatable bonds is 7. The highest BCUT2D eigenvalue weighted by Gasteiger charge is 2.29. The van der Waals surface area contributed by atoms with Crippen LogP contribution >= 0.6 is 0 Å². The fourth-order valence-corrected chi connectivity index (χ4v) is 3.51. The van der Waals surface area contributed by atoms with Crippen LogP contribution in [-0.4, -0.2) is 60.9 Å². The van der Waals surface area contributed by atoms with Crippen molar-refractivity contribution in [3.8, 4) is 0 Å². The molecule has 1 aromatic rings. The second-order valence-electron chi connectivity index (χ2n) is 7.50. The van der Waals surface area contributed by atoms with Crippen molar-refractivity contribution in [3.05, 3.63) is 29.3 Å². The van der Waals surface area contributed by atoms with E-state index in [1.165, 1.54) is 16.8 Å². The fraction of sp³-hybridized carbons (Fsp3) is 0.636. The maximum Gasteiger partial charge on any atom is 0.312 e. The quantitative estimate of drug-likeness (QED) is 0.688. The molecule has 2 rings (SSSR count). The number of anilines is 1. The van der Waals surface area contributed by atoms with Crippen LogP contribution < -0.4 is 4.90 Å². The van der Waals surface area contributed by atoms with Gasteiger partial charge < -0.3 is 14.7 Å². The van der Waals surface area contributed by atoms with Gasteiger partial charge in [0.15, 0.2) is 0 Å². The summed E-state index contributed by atoms with van der Waals surface area (Å²) in [6.45, 7) is 12.6. The number of carbonyl (C=O) groups excluding carboxylic acids is 2. The SMILES string of the molecule is CCCCN(CCCC)C(=O)C(=O)N1CCN(c2cccc(C)c2C)CC1. The van der Waals surface area contributed by atoms with Gasteiger partial charge in [-0.15, -0.1) is 0 Å². The summed E-state index contributed by atoms with van der Waals surface area (Å²) in [4.78, 5) is 31.3. The Kier molecular flexibility index (Phi) is 8.14. The molecule has 27 heavy (non-hydrogen) atoms. The Morgan fingerprint density at radius 3 is 2.11 bits per heavy atom. The lowest BCUT2D eigenvalue weighted by molar-refractivity contribution is -0.152. The molecule has 0 N–H and O–H groups in total. The van der Waals surface area contributed by atoms with Gasteiger partial charge in [0.2, 0.25) is 0 Å². The average molecular weight is 374 g/mol. The van der Waals surface area contributed by atoms with Crippen LogP contribution in [-0.2, 0) is 9.59 Å². The average Bonchev–Trinajstić information content (AvgIpc) is 2.69. The zero-order valence-electron chi connectivity index (χ0n) is 17.5. The van der Waals surface area contributed by atoms with E-state index in [1.807, 2.05) is 0 Å². The molecule has 0 aromatic heterocycles. The monoisotopic (exact) mass is 373 g/mol. The van der Waals surface area contributed by atoms with Crippen molar-refractivity contribution in [2.45, 2.75) is 53.4 Å². The second-order valence-corrected chi connectivity index (χ2v) is 7.50. The molecule has 0 aliphatic carbocycles. The number of unbranched alkanes of at least 4 members (excludes halogenated alkanes) is 2. The Bertz CT molecular complexity index is 628. The summed E-state index contributed by atoms with van der Waals surface area (Å²) in [5.41, 5.74) is 3.81. The Balaban J connectivity index is 1.96. The standard InChI is InChI=1S/C22H35N3O2/c1-5-7-12-24(13-8-6-2)21(26)22(27)25-16-14-23(15-17-25)20-11-9-10-18(3)19(20)4/h9-11H,5-8,12-17H2,1-4H3. The third-order valence-electron chi connectivity index (χ3n) is 5.52. The molecule has 1 aromatic carbocycles. The topological polar surface area (TPSA) is 43.9 Å². The molecule has 150 valence electrons. The van der Waals surface area contributed by atoms with E-state index < -0.39 is 0 Å². The molecule has 0 spiro atoms. The van der Waals surface area contributed by atoms with E-state index in [9.17, 15) is 9.59 Å². The third kappa shape index (κ3) is 5.47. The summed E-state index contributed by atoms with van der Waals surface area (Å²) in [5.74, 6) is -0.653. The van der Waals surface area contributed by atoms with Crippen LogP contribution in [0.4, 0.5) is 5.69 Å². The first-order chi connectivity index (χ1) is 13.0. The van der Waals surface area contributed by atoms with Crippen molar-refractivity contribution in [3.63, 3.8) is 0 Å². The van der Waals surface area contributed by atoms with Crippen molar-refractivity contribution < 1.29 is 9.59 Å². The summed E-state index contributed by atoms with van der Waals surface area (Å²) in [6, 6.07) is 6.35. The maximum atomic E-state index is 12.7. The zero-order chi connectivity index (χ0) is 19.8. The molecule has 2 amide bonds. The van der Waals surface area contributed by atoms with Crippen molar-refractivity contribution in [2.24, 2.45) is 0 Å². The van der Waals surface area contributed by atoms with Gasteiger partial charge in [-0.25, -0.2) is 0 Å². The Morgan fingerprint density at radius 1 is 0.963 bits per heavy atom. The van der Waals surface area contributed by atoms with E-state index in [2.05, 4.69) is 50.8 Å². The molecule has 1 aliphatic rings. The minimum Gasteiger partial charge on any atom is -0.368 e. The Hall–Kier alpha value is -2.04. The lowest BCUT2D eigenvalue weighted by Crippen LogP contribution is -2.53. The van der Waals surface area contributed by atoms with Crippen molar-refractivity contribution in [2.75, 3.05) is 44.2 Å². The number of hydrogen-bond acceptors (Lipinski definition) is 3. The highest BCUT2D eigenvalue weighted by molar-refractivity contribution is 6.34. The minimum atomic E-state index is -0.331. The van der Waals surface area contributed by atoms with Crippen LogP contribution in [0.2, 0.25) is 0 Å². The van der Waals surface area contributed by atoms with Gasteiger partial charge in [0.1, 0.15) is 0 Å². The second kappa shape index (κ2) is 10.3. The molecule has 5 nitrogen and oxygen atoms in total. The van der Waals surface area contributed by atoms with E-state index in [1.54, 1.807) is 9.80 Å². The van der Waals surface area contributed by atoms with E-state index in [0.29, 0.717) is 26.2 Å². The van der Waals surface area contributed by atoms with Gasteiger partial charge in [-0.3, -0.25) is 9.59 Å². The van der Waals surface area contributed by atoms with Gasteiger partial charge in [-0.05, 0) is 43.9 Å². The van der Waals surface area contributed by atoms with Crippen LogP contribution in [0, 0.1) is 13.8 Å². The molecule has 1 aliphatic heterocycles. The maximum absolute atomic E-state index is 12.7. The largest absolute Gasteiger partial charge is 0.368 e. The molecule has 1 heterocycles. The van der Waals surface area contributed by atoms with Gasteiger partial charge >= 0.3 is 11.8 Å². The number of benzene rings is 1. The molecule has 0 unspecified atom stereocenters. The van der Waals surface area contributed by atoms with Gasteiger partial charge in [0.25, 0.3) is 0 Å². The third-order valence-corrected chi connectivity index (χ3v) is 5.52. The highest BCUT2D eigenvalue weighted by Crippen LogP contribution is 2.24. The molecule has 0 saturated carbocycles. The molecule has 1 saturated heterocycles. The number of nitrogens with zero attached hydrogens (tertiary/aromatic N) is 3. The highest BCUT2D eigenvalue weighted by atomic mass is 16.2. The molecular formula is C22H35N3O2. The van der Waals surface area contributed by atoms with Gasteiger partial charge in [0.05, 0.1) is 0 Å². The van der Waals surface area contributed by atoms with E-state index >= 15 is 0 Å². The predicted molar refractivity (Wildman–Crippen MR) is 111 cm³/mol. The predicted octanol–water partition coefficient (Wildman–Crippen LogP) is 3.38. The van der Waals surface area contributed by atoms with E-state index in [0.717, 1.165) is 38.8 Å². The Morgan fingerprint density at radius 2 is 1.56 bits per heavy atom. The first-order valence-electron chi connectivity index (χ1n) is 10.4. The first-order valence-corrected chi connectivity index (χ1v) is 10.4. The van der Waals surface area contributed by atoms with Crippen LogP contribution in [0.1, 0.15) is 50.7 Å². The number of carbonyl (C=O) groups is 2. The first kappa shape index (κ1) is 21.3. The van der Waals surface area contributed by atoms with Crippen LogP contribution in [0.3, 0.4) is 0 Å². The lowest BCUT2D eigenvalue weighted by atomic mass is 10.1. The minimum absolute atomic E-state index is 0.322. The summed E-state index contributed by atoms with van der Waals surface area (Å²) < 4.78 is 0. The number of amides is 2. The van der Waals surface area contributed by atoms with E-state index in [4.69, 9.17) is 0 Å². The molecule has 0 atom stereocenters. The van der Waals surface area contributed by atoms with Gasteiger partial charge in [-0.1, -0.05) is 38.8 Å². The smallest absolute Gasteiger partial charge is 0.312 e. The molecule has 0 radical (unpaired) electrons. The van der Waals surface area contributed by atoms with Crippen molar-refractivity contribution >= 4 is 17.5 Å². The summed E-state index contributed by atoms with van der Waals surface area (Å²) in [6.07, 6.45) is 3.95. The Labute approximate surface area is 164 Å². The van der Waals surface area contributed by atoms with E-state index in [-0.39, 0.29) is 11.8 Å². The van der Waals surface area contributed by atoms with Gasteiger partial charge in [0, 0.05) is 45.0 Å². The lowest BCUT2D eigenvalue weighted by Gasteiger charge is -2.37. The molecule has 1 fully saturated rings. The van der Waals surface area contributed by atoms with Crippen LogP contribution in [0.25, 0.3) is 0 Å². The molecule has 5 heteroatoms. The van der Waals surface area contributed by atoms with Crippen molar-refractivity contribution in [1.29, 1.82) is 0 Å². The fourth-order valence-electron chi connectivity index (χ4n) is 3.51. The van der Waals surface area contributed by atoms with Gasteiger partial charge in [-0.2, -0.15) is 0 Å². The number of piperazine rings is 1. The number of hydrogen-bond donors (Lipinski definition) is 0. The molecule has 0 bridgehead atoms. The number of aryl methyl sites for hydroxylation is 1. The summed E-state index contributed by atoms with van der Waals surface area (Å²) in [7, 11) is 0. The summed E-state index contributed by atoms with van der Waals surface area (Å²) in [5, 5.41) is 0. The summed E-state index contributed by atoms with van der Waals surface area (Å²) >= 11 is 0. The molecular weight excluding hydrogens is 338 g/mol. The zero-order valence-corrected chi connectivity index (χ0v) is 17.5. The van der Waals surface area contributed by atoms with Crippen LogP contribution in [0.15, 0.2) is 18.2 Å². The van der Waals surface area contributed by atoms with Crippen molar-refractivity contribution in [1.82, 2.24) is 9.80 Å². The normalized spacial score (nSPS) is 14.4.